The van der Waals surface area contributed by atoms with E-state index in [1.165, 1.54) is 0 Å². The molecule has 0 spiro atoms. The molecule has 0 radical (unpaired) electrons. The third-order valence-corrected chi connectivity index (χ3v) is 5.07. The molecular weight excluding hydrogens is 310 g/mol. The molecule has 1 aliphatic heterocycles. The van der Waals surface area contributed by atoms with Crippen molar-refractivity contribution in [3.8, 4) is 10.6 Å². The van der Waals surface area contributed by atoms with E-state index in [-0.39, 0.29) is 18.0 Å². The molecule has 3 rings (SSSR count). The van der Waals surface area contributed by atoms with E-state index in [1.807, 2.05) is 43.5 Å². The SMILES string of the molecule is Cc1csc(-c2ccc([C@H](C)NC(=O)C3CC(O)CN3)cc2)n1. The first-order valence-electron chi connectivity index (χ1n) is 7.77. The van der Waals surface area contributed by atoms with Crippen LogP contribution >= 0.6 is 11.3 Å². The second kappa shape index (κ2) is 6.78. The fourth-order valence-corrected chi connectivity index (χ4v) is 3.52. The molecule has 0 saturated carbocycles. The van der Waals surface area contributed by atoms with Gasteiger partial charge >= 0.3 is 0 Å². The van der Waals surface area contributed by atoms with Gasteiger partial charge in [-0.2, -0.15) is 0 Å². The van der Waals surface area contributed by atoms with E-state index in [2.05, 4.69) is 15.6 Å². The number of hydrogen-bond donors (Lipinski definition) is 3. The summed E-state index contributed by atoms with van der Waals surface area (Å²) in [5.74, 6) is -0.0614. The molecule has 2 unspecified atom stereocenters. The molecule has 23 heavy (non-hydrogen) atoms. The molecule has 5 nitrogen and oxygen atoms in total. The highest BCUT2D eigenvalue weighted by Gasteiger charge is 2.28. The Bertz CT molecular complexity index is 683. The van der Waals surface area contributed by atoms with Crippen LogP contribution in [0.2, 0.25) is 0 Å². The number of amides is 1. The molecule has 1 aliphatic rings. The number of carbonyl (C=O) groups is 1. The first kappa shape index (κ1) is 16.1. The van der Waals surface area contributed by atoms with E-state index in [1.54, 1.807) is 11.3 Å². The molecule has 0 bridgehead atoms. The average Bonchev–Trinajstić information content (AvgIpc) is 3.16. The van der Waals surface area contributed by atoms with Gasteiger partial charge in [0.2, 0.25) is 5.91 Å². The summed E-state index contributed by atoms with van der Waals surface area (Å²) in [7, 11) is 0. The standard InChI is InChI=1S/C17H21N3O2S/c1-10-9-23-17(19-10)13-5-3-12(4-6-13)11(2)20-16(22)15-7-14(21)8-18-15/h3-6,9,11,14-15,18,21H,7-8H2,1-2H3,(H,20,22)/t11-,14?,15?/m0/s1. The van der Waals surface area contributed by atoms with Crippen LogP contribution < -0.4 is 10.6 Å². The molecule has 0 aliphatic carbocycles. The number of aliphatic hydroxyl groups excluding tert-OH is 1. The molecule has 6 heteroatoms. The minimum absolute atomic E-state index is 0.0614. The van der Waals surface area contributed by atoms with Gasteiger partial charge in [-0.15, -0.1) is 11.3 Å². The Morgan fingerprint density at radius 1 is 1.43 bits per heavy atom. The van der Waals surface area contributed by atoms with Gasteiger partial charge in [0, 0.05) is 23.2 Å². The summed E-state index contributed by atoms with van der Waals surface area (Å²) in [5.41, 5.74) is 3.17. The average molecular weight is 331 g/mol. The molecule has 3 atom stereocenters. The van der Waals surface area contributed by atoms with Gasteiger partial charge in [-0.1, -0.05) is 24.3 Å². The van der Waals surface area contributed by atoms with Gasteiger partial charge in [-0.05, 0) is 25.8 Å². The Kier molecular flexibility index (Phi) is 4.75. The third kappa shape index (κ3) is 3.77. The highest BCUT2D eigenvalue weighted by molar-refractivity contribution is 7.13. The summed E-state index contributed by atoms with van der Waals surface area (Å²) in [6.07, 6.45) is 0.0445. The maximum atomic E-state index is 12.2. The Hall–Kier alpha value is -1.76. The smallest absolute Gasteiger partial charge is 0.237 e. The van der Waals surface area contributed by atoms with Gasteiger partial charge in [-0.3, -0.25) is 4.79 Å². The molecular formula is C17H21N3O2S. The van der Waals surface area contributed by atoms with E-state index in [9.17, 15) is 9.90 Å². The summed E-state index contributed by atoms with van der Waals surface area (Å²) in [5, 5.41) is 18.6. The number of aromatic nitrogens is 1. The van der Waals surface area contributed by atoms with Crippen molar-refractivity contribution in [3.05, 3.63) is 40.9 Å². The van der Waals surface area contributed by atoms with E-state index >= 15 is 0 Å². The summed E-state index contributed by atoms with van der Waals surface area (Å²) in [4.78, 5) is 16.7. The van der Waals surface area contributed by atoms with Gasteiger partial charge in [0.15, 0.2) is 0 Å². The molecule has 3 N–H and O–H groups in total. The van der Waals surface area contributed by atoms with Crippen LogP contribution in [0.15, 0.2) is 29.6 Å². The predicted molar refractivity (Wildman–Crippen MR) is 91.3 cm³/mol. The number of rotatable bonds is 4. The number of benzene rings is 1. The molecule has 122 valence electrons. The van der Waals surface area contributed by atoms with Crippen molar-refractivity contribution >= 4 is 17.2 Å². The number of carbonyl (C=O) groups excluding carboxylic acids is 1. The predicted octanol–water partition coefficient (Wildman–Crippen LogP) is 2.02. The van der Waals surface area contributed by atoms with Gasteiger partial charge < -0.3 is 15.7 Å². The van der Waals surface area contributed by atoms with Crippen molar-refractivity contribution in [1.82, 2.24) is 15.6 Å². The van der Waals surface area contributed by atoms with Gasteiger partial charge in [0.1, 0.15) is 5.01 Å². The molecule has 1 fully saturated rings. The fourth-order valence-electron chi connectivity index (χ4n) is 2.72. The number of β-amino-alcohol motifs (C(OH)–C–C–N with tert-alkyl or cyclic N) is 1. The largest absolute Gasteiger partial charge is 0.392 e. The lowest BCUT2D eigenvalue weighted by atomic mass is 10.1. The quantitative estimate of drug-likeness (QED) is 0.801. The zero-order valence-corrected chi connectivity index (χ0v) is 14.1. The van der Waals surface area contributed by atoms with Crippen LogP contribution in [0.1, 0.15) is 30.6 Å². The normalized spacial score (nSPS) is 22.0. The van der Waals surface area contributed by atoms with E-state index in [0.717, 1.165) is 21.8 Å². The van der Waals surface area contributed by atoms with Crippen LogP contribution in [-0.4, -0.2) is 34.7 Å². The first-order valence-corrected chi connectivity index (χ1v) is 8.65. The Labute approximate surface area is 139 Å². The molecule has 2 heterocycles. The minimum atomic E-state index is -0.429. The van der Waals surface area contributed by atoms with Gasteiger partial charge in [-0.25, -0.2) is 4.98 Å². The number of nitrogens with one attached hydrogen (secondary N) is 2. The van der Waals surface area contributed by atoms with E-state index < -0.39 is 6.10 Å². The van der Waals surface area contributed by atoms with Crippen LogP contribution in [0.5, 0.6) is 0 Å². The maximum absolute atomic E-state index is 12.2. The number of hydrogen-bond acceptors (Lipinski definition) is 5. The first-order chi connectivity index (χ1) is 11.0. The topological polar surface area (TPSA) is 74.2 Å². The summed E-state index contributed by atoms with van der Waals surface area (Å²) in [6, 6.07) is 7.74. The fraction of sp³-hybridized carbons (Fsp3) is 0.412. The Balaban J connectivity index is 1.63. The monoisotopic (exact) mass is 331 g/mol. The van der Waals surface area contributed by atoms with Gasteiger partial charge in [0.25, 0.3) is 0 Å². The molecule has 1 amide bonds. The second-order valence-electron chi connectivity index (χ2n) is 6.00. The highest BCUT2D eigenvalue weighted by Crippen LogP contribution is 2.25. The molecule has 1 saturated heterocycles. The van der Waals surface area contributed by atoms with Crippen LogP contribution in [-0.2, 0) is 4.79 Å². The van der Waals surface area contributed by atoms with Crippen molar-refractivity contribution in [3.63, 3.8) is 0 Å². The van der Waals surface area contributed by atoms with Crippen LogP contribution in [0.25, 0.3) is 10.6 Å². The maximum Gasteiger partial charge on any atom is 0.237 e. The number of nitrogens with zero attached hydrogens (tertiary/aromatic N) is 1. The van der Waals surface area contributed by atoms with Crippen LogP contribution in [0.3, 0.4) is 0 Å². The van der Waals surface area contributed by atoms with Crippen molar-refractivity contribution < 1.29 is 9.90 Å². The molecule has 1 aromatic heterocycles. The van der Waals surface area contributed by atoms with Crippen LogP contribution in [0.4, 0.5) is 0 Å². The highest BCUT2D eigenvalue weighted by atomic mass is 32.1. The summed E-state index contributed by atoms with van der Waals surface area (Å²) >= 11 is 1.63. The lowest BCUT2D eigenvalue weighted by Crippen LogP contribution is -2.41. The Morgan fingerprint density at radius 2 is 2.17 bits per heavy atom. The number of thiazole rings is 1. The number of aryl methyl sites for hydroxylation is 1. The zero-order valence-electron chi connectivity index (χ0n) is 13.2. The lowest BCUT2D eigenvalue weighted by Gasteiger charge is -2.17. The zero-order chi connectivity index (χ0) is 16.4. The minimum Gasteiger partial charge on any atom is -0.392 e. The molecule has 1 aromatic carbocycles. The third-order valence-electron chi connectivity index (χ3n) is 4.06. The lowest BCUT2D eigenvalue weighted by molar-refractivity contribution is -0.123. The second-order valence-corrected chi connectivity index (χ2v) is 6.85. The van der Waals surface area contributed by atoms with Crippen molar-refractivity contribution in [2.24, 2.45) is 0 Å². The summed E-state index contributed by atoms with van der Waals surface area (Å²) in [6.45, 7) is 4.43. The molecule has 2 aromatic rings. The Morgan fingerprint density at radius 3 is 2.74 bits per heavy atom. The van der Waals surface area contributed by atoms with Gasteiger partial charge in [0.05, 0.1) is 18.2 Å². The van der Waals surface area contributed by atoms with E-state index in [0.29, 0.717) is 13.0 Å². The summed E-state index contributed by atoms with van der Waals surface area (Å²) < 4.78 is 0. The van der Waals surface area contributed by atoms with E-state index in [4.69, 9.17) is 0 Å². The van der Waals surface area contributed by atoms with Crippen molar-refractivity contribution in [2.75, 3.05) is 6.54 Å². The van der Waals surface area contributed by atoms with Crippen molar-refractivity contribution in [2.45, 2.75) is 38.5 Å². The van der Waals surface area contributed by atoms with Crippen molar-refractivity contribution in [1.29, 1.82) is 0 Å². The van der Waals surface area contributed by atoms with Crippen LogP contribution in [0, 0.1) is 6.92 Å². The number of aliphatic hydroxyl groups is 1.